The molecule has 132 valence electrons. The van der Waals surface area contributed by atoms with Crippen LogP contribution in [-0.2, 0) is 16.0 Å². The number of hydrogen-bond acceptors (Lipinski definition) is 3. The predicted molar refractivity (Wildman–Crippen MR) is 84.0 cm³/mol. The molecule has 3 rings (SSSR count). The molecule has 1 atom stereocenters. The Kier molecular flexibility index (Phi) is 5.10. The van der Waals surface area contributed by atoms with E-state index < -0.39 is 12.3 Å². The summed E-state index contributed by atoms with van der Waals surface area (Å²) in [5.41, 5.74) is 2.09. The number of ether oxygens (including phenoxy) is 1. The van der Waals surface area contributed by atoms with Gasteiger partial charge in [0, 0.05) is 38.3 Å². The number of aryl methyl sites for hydroxylation is 1. The lowest BCUT2D eigenvalue weighted by molar-refractivity contribution is -0.237. The second-order valence-electron chi connectivity index (χ2n) is 6.23. The molecule has 0 aliphatic carbocycles. The number of fused-ring (bicyclic) bond motifs is 1. The SMILES string of the molecule is O=C(CCN1CCO[C@H](C(F)(F)F)C1)N1CCCc2ccccc21. The van der Waals surface area contributed by atoms with Crippen LogP contribution in [0.4, 0.5) is 18.9 Å². The zero-order valence-electron chi connectivity index (χ0n) is 13.4. The first-order chi connectivity index (χ1) is 11.4. The molecule has 2 aliphatic rings. The van der Waals surface area contributed by atoms with Crippen LogP contribution in [0.25, 0.3) is 0 Å². The largest absolute Gasteiger partial charge is 0.415 e. The van der Waals surface area contributed by atoms with Crippen molar-refractivity contribution in [3.8, 4) is 0 Å². The van der Waals surface area contributed by atoms with Crippen molar-refractivity contribution in [2.75, 3.05) is 37.7 Å². The maximum atomic E-state index is 12.7. The fourth-order valence-electron chi connectivity index (χ4n) is 3.29. The third-order valence-electron chi connectivity index (χ3n) is 4.57. The van der Waals surface area contributed by atoms with Gasteiger partial charge < -0.3 is 9.64 Å². The van der Waals surface area contributed by atoms with Gasteiger partial charge in [-0.2, -0.15) is 13.2 Å². The number of benzene rings is 1. The molecule has 2 heterocycles. The highest BCUT2D eigenvalue weighted by molar-refractivity contribution is 5.94. The molecule has 7 heteroatoms. The minimum atomic E-state index is -4.35. The molecule has 1 fully saturated rings. The second-order valence-corrected chi connectivity index (χ2v) is 6.23. The summed E-state index contributed by atoms with van der Waals surface area (Å²) in [7, 11) is 0. The predicted octanol–water partition coefficient (Wildman–Crippen LogP) is 2.62. The van der Waals surface area contributed by atoms with Gasteiger partial charge in [0.05, 0.1) is 6.61 Å². The second kappa shape index (κ2) is 7.11. The molecule has 0 spiro atoms. The maximum absolute atomic E-state index is 12.7. The molecule has 24 heavy (non-hydrogen) atoms. The van der Waals surface area contributed by atoms with Crippen molar-refractivity contribution < 1.29 is 22.7 Å². The molecular weight excluding hydrogens is 321 g/mol. The molecule has 0 bridgehead atoms. The van der Waals surface area contributed by atoms with Gasteiger partial charge in [0.1, 0.15) is 0 Å². The lowest BCUT2D eigenvalue weighted by Crippen LogP contribution is -2.50. The van der Waals surface area contributed by atoms with Crippen LogP contribution in [0, 0.1) is 0 Å². The number of amides is 1. The molecule has 1 amide bonds. The molecule has 0 radical (unpaired) electrons. The Morgan fingerprint density at radius 2 is 2.04 bits per heavy atom. The average Bonchev–Trinajstić information content (AvgIpc) is 2.58. The van der Waals surface area contributed by atoms with Gasteiger partial charge in [0.15, 0.2) is 6.10 Å². The minimum absolute atomic E-state index is 0.0304. The molecule has 4 nitrogen and oxygen atoms in total. The van der Waals surface area contributed by atoms with Crippen LogP contribution in [0.5, 0.6) is 0 Å². The first-order valence-electron chi connectivity index (χ1n) is 8.24. The third kappa shape index (κ3) is 3.89. The fraction of sp³-hybridized carbons (Fsp3) is 0.588. The fourth-order valence-corrected chi connectivity index (χ4v) is 3.29. The van der Waals surface area contributed by atoms with E-state index in [9.17, 15) is 18.0 Å². The number of carbonyl (C=O) groups is 1. The van der Waals surface area contributed by atoms with Gasteiger partial charge in [-0.1, -0.05) is 18.2 Å². The molecule has 0 N–H and O–H groups in total. The van der Waals surface area contributed by atoms with Crippen molar-refractivity contribution in [2.24, 2.45) is 0 Å². The summed E-state index contributed by atoms with van der Waals surface area (Å²) in [6, 6.07) is 7.81. The lowest BCUT2D eigenvalue weighted by atomic mass is 10.0. The number of alkyl halides is 3. The van der Waals surface area contributed by atoms with E-state index in [1.54, 1.807) is 9.80 Å². The average molecular weight is 342 g/mol. The number of anilines is 1. The van der Waals surface area contributed by atoms with Gasteiger partial charge in [-0.15, -0.1) is 0 Å². The van der Waals surface area contributed by atoms with E-state index in [0.29, 0.717) is 19.6 Å². The number of halogens is 3. The highest BCUT2D eigenvalue weighted by Crippen LogP contribution is 2.28. The third-order valence-corrected chi connectivity index (χ3v) is 4.57. The summed E-state index contributed by atoms with van der Waals surface area (Å²) in [4.78, 5) is 16.0. The van der Waals surface area contributed by atoms with E-state index >= 15 is 0 Å². The van der Waals surface area contributed by atoms with Crippen molar-refractivity contribution in [3.63, 3.8) is 0 Å². The van der Waals surface area contributed by atoms with Crippen LogP contribution in [-0.4, -0.2) is 55.9 Å². The molecule has 2 aliphatic heterocycles. The van der Waals surface area contributed by atoms with Crippen LogP contribution in [0.3, 0.4) is 0 Å². The number of para-hydroxylation sites is 1. The van der Waals surface area contributed by atoms with Gasteiger partial charge in [0.2, 0.25) is 5.91 Å². The first-order valence-corrected chi connectivity index (χ1v) is 8.24. The maximum Gasteiger partial charge on any atom is 0.415 e. The molecule has 1 aromatic rings. The Labute approximate surface area is 139 Å². The van der Waals surface area contributed by atoms with E-state index in [1.807, 2.05) is 24.3 Å². The molecule has 0 saturated carbocycles. The van der Waals surface area contributed by atoms with Crippen LogP contribution in [0.1, 0.15) is 18.4 Å². The monoisotopic (exact) mass is 342 g/mol. The van der Waals surface area contributed by atoms with E-state index in [4.69, 9.17) is 4.74 Å². The van der Waals surface area contributed by atoms with Crippen LogP contribution < -0.4 is 4.90 Å². The normalized spacial score (nSPS) is 22.3. The van der Waals surface area contributed by atoms with Crippen molar-refractivity contribution in [1.29, 1.82) is 0 Å². The van der Waals surface area contributed by atoms with Crippen LogP contribution >= 0.6 is 0 Å². The van der Waals surface area contributed by atoms with Gasteiger partial charge in [-0.3, -0.25) is 9.69 Å². The first kappa shape index (κ1) is 17.2. The minimum Gasteiger partial charge on any atom is -0.366 e. The molecule has 0 unspecified atom stereocenters. The van der Waals surface area contributed by atoms with Gasteiger partial charge in [-0.05, 0) is 24.5 Å². The van der Waals surface area contributed by atoms with Gasteiger partial charge >= 0.3 is 6.18 Å². The van der Waals surface area contributed by atoms with E-state index in [-0.39, 0.29) is 25.5 Å². The highest BCUT2D eigenvalue weighted by Gasteiger charge is 2.43. The summed E-state index contributed by atoms with van der Waals surface area (Å²) < 4.78 is 43.0. The Morgan fingerprint density at radius 1 is 1.25 bits per heavy atom. The summed E-state index contributed by atoms with van der Waals surface area (Å²) in [6.07, 6.45) is -4.02. The van der Waals surface area contributed by atoms with Crippen molar-refractivity contribution in [3.05, 3.63) is 29.8 Å². The number of hydrogen-bond donors (Lipinski definition) is 0. The van der Waals surface area contributed by atoms with Crippen molar-refractivity contribution in [1.82, 2.24) is 4.90 Å². The van der Waals surface area contributed by atoms with Crippen molar-refractivity contribution >= 4 is 11.6 Å². The number of carbonyl (C=O) groups excluding carboxylic acids is 1. The quantitative estimate of drug-likeness (QED) is 0.847. The Balaban J connectivity index is 1.57. The van der Waals surface area contributed by atoms with Crippen LogP contribution in [0.2, 0.25) is 0 Å². The summed E-state index contributed by atoms with van der Waals surface area (Å²) in [5, 5.41) is 0. The Morgan fingerprint density at radius 3 is 2.83 bits per heavy atom. The summed E-state index contributed by atoms with van der Waals surface area (Å²) in [6.45, 7) is 1.27. The van der Waals surface area contributed by atoms with Crippen molar-refractivity contribution in [2.45, 2.75) is 31.5 Å². The Hall–Kier alpha value is -1.60. The summed E-state index contributed by atoms with van der Waals surface area (Å²) in [5.74, 6) is -0.0304. The van der Waals surface area contributed by atoms with E-state index in [2.05, 4.69) is 0 Å². The zero-order valence-corrected chi connectivity index (χ0v) is 13.4. The molecule has 1 saturated heterocycles. The van der Waals surface area contributed by atoms with Crippen LogP contribution in [0.15, 0.2) is 24.3 Å². The zero-order chi connectivity index (χ0) is 17.2. The van der Waals surface area contributed by atoms with Gasteiger partial charge in [0.25, 0.3) is 0 Å². The Bertz CT molecular complexity index is 591. The number of rotatable bonds is 3. The molecule has 0 aromatic heterocycles. The standard InChI is InChI=1S/C17H21F3N2O2/c18-17(19,20)15-12-21(10-11-24-15)9-7-16(23)22-8-3-5-13-4-1-2-6-14(13)22/h1-2,4,6,15H,3,5,7-12H2/t15-/m0/s1. The smallest absolute Gasteiger partial charge is 0.366 e. The topological polar surface area (TPSA) is 32.8 Å². The molecular formula is C17H21F3N2O2. The lowest BCUT2D eigenvalue weighted by Gasteiger charge is -2.34. The number of nitrogens with zero attached hydrogens (tertiary/aromatic N) is 2. The number of morpholine rings is 1. The highest BCUT2D eigenvalue weighted by atomic mass is 19.4. The molecule has 1 aromatic carbocycles. The van der Waals surface area contributed by atoms with E-state index in [1.165, 1.54) is 0 Å². The van der Waals surface area contributed by atoms with E-state index in [0.717, 1.165) is 24.1 Å². The summed E-state index contributed by atoms with van der Waals surface area (Å²) >= 11 is 0. The van der Waals surface area contributed by atoms with Gasteiger partial charge in [-0.25, -0.2) is 0 Å².